The van der Waals surface area contributed by atoms with Crippen molar-refractivity contribution < 1.29 is 79.8 Å². The van der Waals surface area contributed by atoms with Gasteiger partial charge in [0, 0.05) is 40.9 Å². The van der Waals surface area contributed by atoms with Gasteiger partial charge < -0.3 is 48.7 Å². The third-order valence-electron chi connectivity index (χ3n) is 8.20. The monoisotopic (exact) mass is 769 g/mol. The number of phosphoric acid groups is 2. The number of nitrogen functional groups attached to an aromatic ring is 1. The molecule has 0 spiro atoms. The van der Waals surface area contributed by atoms with Gasteiger partial charge in [-0.2, -0.15) is 4.31 Å². The Morgan fingerprint density at radius 2 is 1.63 bits per heavy atom. The molecule has 12 atom stereocenters. The van der Waals surface area contributed by atoms with Gasteiger partial charge >= 0.3 is 33.6 Å². The van der Waals surface area contributed by atoms with Crippen LogP contribution in [-0.2, 0) is 70.0 Å². The Balaban J connectivity index is 1.49. The van der Waals surface area contributed by atoms with Crippen molar-refractivity contribution in [2.75, 3.05) is 33.2 Å². The number of hydrogen-bond acceptors (Lipinski definition) is 19. The van der Waals surface area contributed by atoms with Crippen LogP contribution in [-0.4, -0.2) is 118 Å². The van der Waals surface area contributed by atoms with Crippen LogP contribution in [0.4, 0.5) is 5.82 Å². The summed E-state index contributed by atoms with van der Waals surface area (Å²) < 4.78 is 81.0. The number of anilines is 1. The number of carbonyl (C=O) groups is 3. The number of methoxy groups -OCH3 is 2. The lowest BCUT2D eigenvalue weighted by Crippen LogP contribution is -2.56. The highest BCUT2D eigenvalue weighted by molar-refractivity contribution is 7.61. The summed E-state index contributed by atoms with van der Waals surface area (Å²) in [7, 11) is -8.31. The number of rotatable bonds is 15. The highest BCUT2D eigenvalue weighted by atomic mass is 31.3. The molecule has 51 heavy (non-hydrogen) atoms. The molecule has 0 amide bonds. The van der Waals surface area contributed by atoms with E-state index >= 15 is 0 Å². The van der Waals surface area contributed by atoms with Crippen molar-refractivity contribution in [3.8, 4) is 0 Å². The highest BCUT2D eigenvalue weighted by Gasteiger charge is 2.52. The van der Waals surface area contributed by atoms with Crippen LogP contribution in [0.1, 0.15) is 40.8 Å². The van der Waals surface area contributed by atoms with Crippen LogP contribution in [0, 0.1) is 11.8 Å². The van der Waals surface area contributed by atoms with Gasteiger partial charge in [-0.05, 0) is 5.92 Å². The lowest BCUT2D eigenvalue weighted by atomic mass is 9.81. The van der Waals surface area contributed by atoms with E-state index in [2.05, 4.69) is 19.3 Å². The number of ether oxygens (including phenoxy) is 7. The summed E-state index contributed by atoms with van der Waals surface area (Å²) in [6.45, 7) is 5.37. The fourth-order valence-electron chi connectivity index (χ4n) is 5.81. The standard InChI is InChI=1S/C27H41N5O17P2/c1-12-13(2)21(45-16(5)35)27(47-20(12)17(44-15(4)34)8-42-14(3)33)48-51(38,39)49-50(36,37)43-9-18-22(40-6)23(41-7)26(46-18)32-11-31-19-24(28)29-10-30-25(19)32/h10-13,17-18,20-23,26-27H,8-9H2,1-7H3,(H,36,37)(H,38,39)(H2,28,29,30)/t12-,13-,17+,18+,20?,21?,22-,23?,26+,27-/m0/s1. The predicted molar refractivity (Wildman–Crippen MR) is 168 cm³/mol. The molecule has 2 aliphatic heterocycles. The van der Waals surface area contributed by atoms with Gasteiger partial charge in [0.15, 0.2) is 29.9 Å². The number of phosphoric ester groups is 2. The molecule has 2 aliphatic rings. The van der Waals surface area contributed by atoms with Crippen molar-refractivity contribution in [3.05, 3.63) is 12.7 Å². The molecule has 4 rings (SSSR count). The van der Waals surface area contributed by atoms with Crippen molar-refractivity contribution in [3.63, 3.8) is 0 Å². The quantitative estimate of drug-likeness (QED) is 0.129. The van der Waals surface area contributed by atoms with Crippen LogP contribution in [0.5, 0.6) is 0 Å². The minimum atomic E-state index is -5.59. The Kier molecular flexibility index (Phi) is 13.3. The zero-order valence-electron chi connectivity index (χ0n) is 28.6. The lowest BCUT2D eigenvalue weighted by molar-refractivity contribution is -0.270. The van der Waals surface area contributed by atoms with Gasteiger partial charge in [-0.25, -0.2) is 24.1 Å². The second kappa shape index (κ2) is 16.7. The summed E-state index contributed by atoms with van der Waals surface area (Å²) in [5.41, 5.74) is 6.48. The molecule has 2 saturated heterocycles. The Morgan fingerprint density at radius 1 is 0.941 bits per heavy atom. The molecule has 4 heterocycles. The zero-order valence-corrected chi connectivity index (χ0v) is 30.4. The van der Waals surface area contributed by atoms with Gasteiger partial charge in [0.05, 0.1) is 12.9 Å². The first-order valence-electron chi connectivity index (χ1n) is 15.3. The number of carbonyl (C=O) groups excluding carboxylic acids is 3. The molecule has 0 radical (unpaired) electrons. The number of nitrogens with two attached hydrogens (primary N) is 1. The zero-order chi connectivity index (χ0) is 37.8. The Hall–Kier alpha value is -3.14. The first-order valence-corrected chi connectivity index (χ1v) is 18.3. The molecule has 0 aliphatic carbocycles. The van der Waals surface area contributed by atoms with E-state index in [1.807, 2.05) is 0 Å². The van der Waals surface area contributed by atoms with Gasteiger partial charge in [-0.3, -0.25) is 28.0 Å². The third-order valence-corrected chi connectivity index (χ3v) is 10.8. The Bertz CT molecular complexity index is 1660. The summed E-state index contributed by atoms with van der Waals surface area (Å²) in [6, 6.07) is 0. The lowest BCUT2D eigenvalue weighted by Gasteiger charge is -2.45. The second-order valence-electron chi connectivity index (χ2n) is 11.7. The maximum absolute atomic E-state index is 13.2. The average Bonchev–Trinajstić information content (AvgIpc) is 3.62. The van der Waals surface area contributed by atoms with E-state index in [-0.39, 0.29) is 11.3 Å². The number of fused-ring (bicyclic) bond motifs is 1. The molecule has 24 heteroatoms. The van der Waals surface area contributed by atoms with Gasteiger partial charge in [-0.1, -0.05) is 13.8 Å². The van der Waals surface area contributed by atoms with Crippen molar-refractivity contribution >= 4 is 50.5 Å². The first kappa shape index (κ1) is 40.6. The number of imidazole rings is 1. The summed E-state index contributed by atoms with van der Waals surface area (Å²) in [5, 5.41) is 0. The summed E-state index contributed by atoms with van der Waals surface area (Å²) in [4.78, 5) is 68.7. The van der Waals surface area contributed by atoms with Crippen LogP contribution in [0.25, 0.3) is 11.2 Å². The summed E-state index contributed by atoms with van der Waals surface area (Å²) in [5.74, 6) is -3.44. The normalized spacial score (nSPS) is 31.0. The fourth-order valence-corrected chi connectivity index (χ4v) is 7.96. The molecule has 2 aromatic heterocycles. The number of nitrogens with zero attached hydrogens (tertiary/aromatic N) is 4. The summed E-state index contributed by atoms with van der Waals surface area (Å²) in [6.07, 6.45) is -6.86. The number of hydrogen-bond donors (Lipinski definition) is 3. The maximum Gasteiger partial charge on any atom is 0.483 e. The molecule has 0 saturated carbocycles. The molecule has 286 valence electrons. The molecule has 22 nitrogen and oxygen atoms in total. The third kappa shape index (κ3) is 9.85. The fraction of sp³-hybridized carbons (Fsp3) is 0.704. The molecule has 0 aromatic carbocycles. The van der Waals surface area contributed by atoms with E-state index in [9.17, 15) is 33.3 Å². The number of esters is 3. The Morgan fingerprint density at radius 3 is 2.24 bits per heavy atom. The van der Waals surface area contributed by atoms with Crippen LogP contribution in [0.2, 0.25) is 0 Å². The van der Waals surface area contributed by atoms with Gasteiger partial charge in [-0.15, -0.1) is 0 Å². The molecule has 2 fully saturated rings. The van der Waals surface area contributed by atoms with Crippen LogP contribution >= 0.6 is 15.6 Å². The van der Waals surface area contributed by atoms with Crippen molar-refractivity contribution in [1.29, 1.82) is 0 Å². The molecule has 5 unspecified atom stereocenters. The van der Waals surface area contributed by atoms with Gasteiger partial charge in [0.2, 0.25) is 6.29 Å². The van der Waals surface area contributed by atoms with E-state index in [1.54, 1.807) is 13.8 Å². The van der Waals surface area contributed by atoms with Crippen molar-refractivity contribution in [2.24, 2.45) is 11.8 Å². The minimum Gasteiger partial charge on any atom is -0.462 e. The molecular formula is C27H41N5O17P2. The maximum atomic E-state index is 13.2. The second-order valence-corrected chi connectivity index (χ2v) is 14.7. The smallest absolute Gasteiger partial charge is 0.462 e. The minimum absolute atomic E-state index is 0.117. The van der Waals surface area contributed by atoms with Crippen LogP contribution in [0.3, 0.4) is 0 Å². The predicted octanol–water partition coefficient (Wildman–Crippen LogP) is 1.01. The summed E-state index contributed by atoms with van der Waals surface area (Å²) >= 11 is 0. The highest BCUT2D eigenvalue weighted by Crippen LogP contribution is 2.62. The molecule has 0 bridgehead atoms. The average molecular weight is 770 g/mol. The first-order chi connectivity index (χ1) is 23.9. The van der Waals surface area contributed by atoms with Crippen molar-refractivity contribution in [2.45, 2.75) is 83.8 Å². The molecule has 4 N–H and O–H groups in total. The number of aromatic nitrogens is 4. The molecular weight excluding hydrogens is 728 g/mol. The van der Waals surface area contributed by atoms with Gasteiger partial charge in [0.25, 0.3) is 0 Å². The van der Waals surface area contributed by atoms with E-state index in [0.29, 0.717) is 5.65 Å². The topological polar surface area (TPSA) is 288 Å². The van der Waals surface area contributed by atoms with E-state index in [0.717, 1.165) is 20.8 Å². The van der Waals surface area contributed by atoms with Gasteiger partial charge in [0.1, 0.15) is 42.9 Å². The van der Waals surface area contributed by atoms with Crippen LogP contribution in [0.15, 0.2) is 12.7 Å². The van der Waals surface area contributed by atoms with E-state index in [1.165, 1.54) is 31.4 Å². The van der Waals surface area contributed by atoms with E-state index < -0.39 is 108 Å². The largest absolute Gasteiger partial charge is 0.483 e. The van der Waals surface area contributed by atoms with E-state index in [4.69, 9.17) is 47.9 Å². The SMILES string of the molecule is COC1[C@@H](OC)[C@@H](COP(=O)(O)OP(=O)(O)O[C@@H]2OC([C@@H](COC(C)=O)OC(C)=O)[C@@H](C)[C@H](C)C2OC(C)=O)O[C@H]1n1cnc2c(N)ncnc21. The Labute approximate surface area is 291 Å². The van der Waals surface area contributed by atoms with Crippen molar-refractivity contribution in [1.82, 2.24) is 19.5 Å². The molecule has 2 aromatic rings. The van der Waals surface area contributed by atoms with Crippen LogP contribution < -0.4 is 5.73 Å².